The van der Waals surface area contributed by atoms with Gasteiger partial charge in [-0.1, -0.05) is 85.3 Å². The lowest BCUT2D eigenvalue weighted by Gasteiger charge is -2.32. The normalized spacial score (nSPS) is 12.4. The zero-order chi connectivity index (χ0) is 24.3. The number of carbonyl (C=O) groups is 2. The molecule has 0 aromatic heterocycles. The molecule has 0 aliphatic rings. The second-order valence-corrected chi connectivity index (χ2v) is 8.63. The number of carbonyl (C=O) groups excluding carboxylic acids is 2. The smallest absolute Gasteiger partial charge is 0.261 e. The van der Waals surface area contributed by atoms with Gasteiger partial charge in [-0.2, -0.15) is 0 Å². The summed E-state index contributed by atoms with van der Waals surface area (Å²) < 4.78 is 5.80. The predicted molar refractivity (Wildman–Crippen MR) is 135 cm³/mol. The number of nitrogens with one attached hydrogen (secondary N) is 1. The average molecular weight is 459 g/mol. The van der Waals surface area contributed by atoms with Crippen LogP contribution in [0.4, 0.5) is 0 Å². The molecule has 178 valence electrons. The van der Waals surface area contributed by atoms with Crippen LogP contribution in [-0.4, -0.2) is 35.4 Å². The number of nitrogens with zero attached hydrogens (tertiary/aromatic N) is 1. The lowest BCUT2D eigenvalue weighted by Crippen LogP contribution is -2.53. The summed E-state index contributed by atoms with van der Waals surface area (Å²) in [5.74, 6) is 0.241. The Balaban J connectivity index is 1.88. The summed E-state index contributed by atoms with van der Waals surface area (Å²) in [5, 5.41) is 3.08. The Morgan fingerprint density at radius 1 is 0.882 bits per heavy atom. The highest BCUT2D eigenvalue weighted by molar-refractivity contribution is 5.88. The maximum atomic E-state index is 13.5. The van der Waals surface area contributed by atoms with Crippen LogP contribution in [0, 0.1) is 6.92 Å². The van der Waals surface area contributed by atoms with Crippen molar-refractivity contribution in [2.24, 2.45) is 0 Å². The number of aryl methyl sites for hydroxylation is 1. The first-order chi connectivity index (χ1) is 16.5. The lowest BCUT2D eigenvalue weighted by molar-refractivity contribution is -0.143. The quantitative estimate of drug-likeness (QED) is 0.443. The van der Waals surface area contributed by atoms with Crippen molar-refractivity contribution in [3.8, 4) is 5.75 Å². The topological polar surface area (TPSA) is 58.6 Å². The fourth-order valence-corrected chi connectivity index (χ4v) is 3.64. The van der Waals surface area contributed by atoms with Gasteiger partial charge in [0.2, 0.25) is 5.91 Å². The number of rotatable bonds is 11. The van der Waals surface area contributed by atoms with E-state index in [0.717, 1.165) is 23.1 Å². The second kappa shape index (κ2) is 12.6. The van der Waals surface area contributed by atoms with Crippen LogP contribution in [0.1, 0.15) is 37.0 Å². The molecule has 0 bridgehead atoms. The largest absolute Gasteiger partial charge is 0.484 e. The van der Waals surface area contributed by atoms with Gasteiger partial charge in [-0.3, -0.25) is 9.59 Å². The van der Waals surface area contributed by atoms with E-state index in [9.17, 15) is 9.59 Å². The fraction of sp³-hybridized carbons (Fsp3) is 0.310. The molecule has 34 heavy (non-hydrogen) atoms. The Labute approximate surface area is 202 Å². The van der Waals surface area contributed by atoms with E-state index in [0.29, 0.717) is 18.7 Å². The molecule has 3 aromatic rings. The number of amides is 2. The third kappa shape index (κ3) is 7.48. The number of benzene rings is 3. The van der Waals surface area contributed by atoms with Crippen LogP contribution in [-0.2, 0) is 22.6 Å². The van der Waals surface area contributed by atoms with Crippen molar-refractivity contribution in [2.75, 3.05) is 6.61 Å². The zero-order valence-corrected chi connectivity index (χ0v) is 20.2. The van der Waals surface area contributed by atoms with Crippen LogP contribution in [0.5, 0.6) is 5.75 Å². The molecular formula is C29H34N2O3. The molecule has 1 N–H and O–H groups in total. The van der Waals surface area contributed by atoms with Crippen molar-refractivity contribution in [3.05, 3.63) is 102 Å². The highest BCUT2D eigenvalue weighted by atomic mass is 16.5. The summed E-state index contributed by atoms with van der Waals surface area (Å²) >= 11 is 0. The lowest BCUT2D eigenvalue weighted by atomic mass is 10.0. The summed E-state index contributed by atoms with van der Waals surface area (Å²) in [5.41, 5.74) is 3.08. The SMILES string of the molecule is CC[C@H](C)NC(=O)[C@H](Cc1ccccc1)N(Cc1ccccc1)C(=O)COc1ccc(C)cc1. The molecule has 0 saturated heterocycles. The Morgan fingerprint density at radius 2 is 1.47 bits per heavy atom. The van der Waals surface area contributed by atoms with Crippen LogP contribution in [0.25, 0.3) is 0 Å². The minimum atomic E-state index is -0.661. The van der Waals surface area contributed by atoms with Gasteiger partial charge < -0.3 is 15.0 Å². The van der Waals surface area contributed by atoms with E-state index in [1.54, 1.807) is 4.90 Å². The standard InChI is InChI=1S/C29H34N2O3/c1-4-23(3)30-29(33)27(19-24-11-7-5-8-12-24)31(20-25-13-9-6-10-14-25)28(32)21-34-26-17-15-22(2)16-18-26/h5-18,23,27H,4,19-21H2,1-3H3,(H,30,33)/t23-,27-/m0/s1. The van der Waals surface area contributed by atoms with Crippen LogP contribution >= 0.6 is 0 Å². The van der Waals surface area contributed by atoms with Crippen molar-refractivity contribution in [1.29, 1.82) is 0 Å². The van der Waals surface area contributed by atoms with Gasteiger partial charge in [0.25, 0.3) is 5.91 Å². The van der Waals surface area contributed by atoms with E-state index in [2.05, 4.69) is 5.32 Å². The van der Waals surface area contributed by atoms with E-state index in [1.165, 1.54) is 0 Å². The minimum absolute atomic E-state index is 0.0169. The minimum Gasteiger partial charge on any atom is -0.484 e. The highest BCUT2D eigenvalue weighted by Crippen LogP contribution is 2.17. The van der Waals surface area contributed by atoms with Crippen molar-refractivity contribution >= 4 is 11.8 Å². The third-order valence-corrected chi connectivity index (χ3v) is 5.85. The first kappa shape index (κ1) is 25.0. The maximum absolute atomic E-state index is 13.5. The zero-order valence-electron chi connectivity index (χ0n) is 20.2. The molecule has 0 fully saturated rings. The van der Waals surface area contributed by atoms with Gasteiger partial charge in [0.15, 0.2) is 6.61 Å². The van der Waals surface area contributed by atoms with E-state index < -0.39 is 6.04 Å². The third-order valence-electron chi connectivity index (χ3n) is 5.85. The van der Waals surface area contributed by atoms with Gasteiger partial charge >= 0.3 is 0 Å². The van der Waals surface area contributed by atoms with Gasteiger partial charge in [0.05, 0.1) is 0 Å². The molecule has 0 aliphatic heterocycles. The van der Waals surface area contributed by atoms with Crippen LogP contribution < -0.4 is 10.1 Å². The highest BCUT2D eigenvalue weighted by Gasteiger charge is 2.31. The Bertz CT molecular complexity index is 1040. The summed E-state index contributed by atoms with van der Waals surface area (Å²) in [4.78, 5) is 28.6. The van der Waals surface area contributed by atoms with Gasteiger partial charge in [-0.15, -0.1) is 0 Å². The Hall–Kier alpha value is -3.60. The van der Waals surface area contributed by atoms with Crippen LogP contribution in [0.15, 0.2) is 84.9 Å². The van der Waals surface area contributed by atoms with E-state index >= 15 is 0 Å². The second-order valence-electron chi connectivity index (χ2n) is 8.63. The molecule has 0 aliphatic carbocycles. The van der Waals surface area contributed by atoms with Gasteiger partial charge in [0.1, 0.15) is 11.8 Å². The molecule has 5 nitrogen and oxygen atoms in total. The molecule has 0 spiro atoms. The first-order valence-corrected chi connectivity index (χ1v) is 11.8. The number of hydrogen-bond acceptors (Lipinski definition) is 3. The fourth-order valence-electron chi connectivity index (χ4n) is 3.64. The maximum Gasteiger partial charge on any atom is 0.261 e. The predicted octanol–water partition coefficient (Wildman–Crippen LogP) is 4.93. The molecule has 2 atom stereocenters. The molecule has 3 aromatic carbocycles. The van der Waals surface area contributed by atoms with E-state index in [1.807, 2.05) is 106 Å². The first-order valence-electron chi connectivity index (χ1n) is 11.8. The summed E-state index contributed by atoms with van der Waals surface area (Å²) in [6, 6.07) is 26.5. The van der Waals surface area contributed by atoms with Crippen molar-refractivity contribution in [3.63, 3.8) is 0 Å². The molecular weight excluding hydrogens is 424 g/mol. The van der Waals surface area contributed by atoms with E-state index in [-0.39, 0.29) is 24.5 Å². The van der Waals surface area contributed by atoms with Crippen molar-refractivity contribution in [1.82, 2.24) is 10.2 Å². The molecule has 2 amide bonds. The molecule has 0 unspecified atom stereocenters. The molecule has 0 heterocycles. The average Bonchev–Trinajstić information content (AvgIpc) is 2.86. The number of ether oxygens (including phenoxy) is 1. The molecule has 5 heteroatoms. The van der Waals surface area contributed by atoms with Crippen molar-refractivity contribution < 1.29 is 14.3 Å². The van der Waals surface area contributed by atoms with Crippen LogP contribution in [0.3, 0.4) is 0 Å². The summed E-state index contributed by atoms with van der Waals surface area (Å²) in [6.45, 7) is 6.18. The van der Waals surface area contributed by atoms with Gasteiger partial charge in [-0.25, -0.2) is 0 Å². The summed E-state index contributed by atoms with van der Waals surface area (Å²) in [7, 11) is 0. The molecule has 0 radical (unpaired) electrons. The van der Waals surface area contributed by atoms with Crippen molar-refractivity contribution in [2.45, 2.75) is 52.2 Å². The monoisotopic (exact) mass is 458 g/mol. The Kier molecular flexibility index (Phi) is 9.27. The van der Waals surface area contributed by atoms with Crippen LogP contribution in [0.2, 0.25) is 0 Å². The van der Waals surface area contributed by atoms with Gasteiger partial charge in [-0.05, 0) is 43.5 Å². The molecule has 0 saturated carbocycles. The summed E-state index contributed by atoms with van der Waals surface area (Å²) in [6.07, 6.45) is 1.24. The Morgan fingerprint density at radius 3 is 2.06 bits per heavy atom. The van der Waals surface area contributed by atoms with Gasteiger partial charge in [0, 0.05) is 19.0 Å². The number of hydrogen-bond donors (Lipinski definition) is 1. The molecule has 3 rings (SSSR count). The van der Waals surface area contributed by atoms with E-state index in [4.69, 9.17) is 4.74 Å².